The van der Waals surface area contributed by atoms with Crippen LogP contribution in [0, 0.1) is 6.92 Å². The third-order valence-corrected chi connectivity index (χ3v) is 5.18. The fourth-order valence-corrected chi connectivity index (χ4v) is 3.53. The van der Waals surface area contributed by atoms with Gasteiger partial charge in [0.15, 0.2) is 0 Å². The minimum absolute atomic E-state index is 0.00871. The van der Waals surface area contributed by atoms with Crippen LogP contribution in [-0.4, -0.2) is 38.9 Å². The highest BCUT2D eigenvalue weighted by Gasteiger charge is 2.15. The summed E-state index contributed by atoms with van der Waals surface area (Å²) >= 11 is 0. The van der Waals surface area contributed by atoms with Crippen molar-refractivity contribution in [2.45, 2.75) is 13.3 Å². The highest BCUT2D eigenvalue weighted by molar-refractivity contribution is 5.97. The number of hydrogen-bond acceptors (Lipinski definition) is 3. The number of hydrogen-bond donors (Lipinski definition) is 0. The van der Waals surface area contributed by atoms with Crippen LogP contribution in [0.15, 0.2) is 66.9 Å². The van der Waals surface area contributed by atoms with Gasteiger partial charge in [-0.3, -0.25) is 9.78 Å². The van der Waals surface area contributed by atoms with E-state index >= 15 is 0 Å². The van der Waals surface area contributed by atoms with Gasteiger partial charge in [0.2, 0.25) is 0 Å². The molecule has 0 spiro atoms. The molecule has 0 radical (unpaired) electrons. The molecule has 2 heterocycles. The molecule has 0 atom stereocenters. The van der Waals surface area contributed by atoms with Crippen LogP contribution in [-0.2, 0) is 13.5 Å². The van der Waals surface area contributed by atoms with E-state index in [1.165, 1.54) is 5.56 Å². The van der Waals surface area contributed by atoms with Crippen LogP contribution in [0.3, 0.4) is 0 Å². The highest BCUT2D eigenvalue weighted by Crippen LogP contribution is 2.25. The third-order valence-electron chi connectivity index (χ3n) is 5.18. The standard InChI is InChI=1S/C24H24N4O/c1-17-7-6-8-18(15-17)23-26-21-16-19(10-11-22(21)28(23)3)24(29)27(2)14-12-20-9-4-5-13-25-20/h4-11,13,15-16H,12,14H2,1-3H3. The average molecular weight is 384 g/mol. The SMILES string of the molecule is Cc1cccc(-c2nc3cc(C(=O)N(C)CCc4ccccn4)ccc3n2C)c1. The van der Waals surface area contributed by atoms with E-state index in [1.54, 1.807) is 11.1 Å². The molecular weight excluding hydrogens is 360 g/mol. The summed E-state index contributed by atoms with van der Waals surface area (Å²) in [6.45, 7) is 2.69. The first-order valence-electron chi connectivity index (χ1n) is 9.72. The number of fused-ring (bicyclic) bond motifs is 1. The average Bonchev–Trinajstić information content (AvgIpc) is 3.08. The molecule has 4 aromatic rings. The number of rotatable bonds is 5. The van der Waals surface area contributed by atoms with Crippen LogP contribution in [0.5, 0.6) is 0 Å². The molecule has 0 saturated carbocycles. The van der Waals surface area contributed by atoms with E-state index in [1.807, 2.05) is 56.6 Å². The first kappa shape index (κ1) is 18.9. The number of nitrogens with zero attached hydrogens (tertiary/aromatic N) is 4. The Hall–Kier alpha value is -3.47. The van der Waals surface area contributed by atoms with Crippen molar-refractivity contribution in [3.05, 3.63) is 83.7 Å². The van der Waals surface area contributed by atoms with E-state index in [-0.39, 0.29) is 5.91 Å². The van der Waals surface area contributed by atoms with Crippen molar-refractivity contribution >= 4 is 16.9 Å². The van der Waals surface area contributed by atoms with Crippen molar-refractivity contribution in [3.8, 4) is 11.4 Å². The first-order valence-corrected chi connectivity index (χ1v) is 9.72. The van der Waals surface area contributed by atoms with Crippen molar-refractivity contribution in [1.82, 2.24) is 19.4 Å². The smallest absolute Gasteiger partial charge is 0.253 e. The van der Waals surface area contributed by atoms with Gasteiger partial charge in [-0.1, -0.05) is 29.8 Å². The molecule has 5 nitrogen and oxygen atoms in total. The monoisotopic (exact) mass is 384 g/mol. The molecule has 0 fully saturated rings. The first-order chi connectivity index (χ1) is 14.0. The summed E-state index contributed by atoms with van der Waals surface area (Å²) in [7, 11) is 3.83. The Labute approximate surface area is 170 Å². The van der Waals surface area contributed by atoms with Gasteiger partial charge >= 0.3 is 0 Å². The number of pyridine rings is 1. The van der Waals surface area contributed by atoms with Gasteiger partial charge in [0, 0.05) is 50.1 Å². The summed E-state index contributed by atoms with van der Waals surface area (Å²) in [6, 6.07) is 19.9. The number of carbonyl (C=O) groups excluding carboxylic acids is 1. The largest absolute Gasteiger partial charge is 0.341 e. The minimum Gasteiger partial charge on any atom is -0.341 e. The Morgan fingerprint density at radius 1 is 1.07 bits per heavy atom. The molecule has 0 aliphatic heterocycles. The van der Waals surface area contributed by atoms with Gasteiger partial charge in [-0.05, 0) is 43.3 Å². The Morgan fingerprint density at radius 3 is 2.69 bits per heavy atom. The van der Waals surface area contributed by atoms with Crippen LogP contribution < -0.4 is 0 Å². The van der Waals surface area contributed by atoms with Crippen molar-refractivity contribution in [3.63, 3.8) is 0 Å². The van der Waals surface area contributed by atoms with Crippen LogP contribution in [0.4, 0.5) is 0 Å². The fraction of sp³-hybridized carbons (Fsp3) is 0.208. The number of imidazole rings is 1. The number of benzene rings is 2. The molecule has 29 heavy (non-hydrogen) atoms. The van der Waals surface area contributed by atoms with Gasteiger partial charge in [-0.15, -0.1) is 0 Å². The zero-order chi connectivity index (χ0) is 20.4. The maximum atomic E-state index is 12.9. The topological polar surface area (TPSA) is 51.0 Å². The third kappa shape index (κ3) is 3.90. The molecule has 2 aromatic carbocycles. The molecule has 0 N–H and O–H groups in total. The van der Waals surface area contributed by atoms with Crippen molar-refractivity contribution < 1.29 is 4.79 Å². The van der Waals surface area contributed by atoms with E-state index in [9.17, 15) is 4.79 Å². The molecule has 146 valence electrons. The predicted octanol–water partition coefficient (Wildman–Crippen LogP) is 4.26. The quantitative estimate of drug-likeness (QED) is 0.517. The lowest BCUT2D eigenvalue weighted by Gasteiger charge is -2.17. The predicted molar refractivity (Wildman–Crippen MR) is 116 cm³/mol. The highest BCUT2D eigenvalue weighted by atomic mass is 16.2. The van der Waals surface area contributed by atoms with Gasteiger partial charge in [-0.25, -0.2) is 4.98 Å². The van der Waals surface area contributed by atoms with Gasteiger partial charge in [0.1, 0.15) is 5.82 Å². The summed E-state index contributed by atoms with van der Waals surface area (Å²) in [6.07, 6.45) is 2.50. The zero-order valence-corrected chi connectivity index (χ0v) is 17.0. The molecule has 1 amide bonds. The number of aromatic nitrogens is 3. The molecule has 2 aromatic heterocycles. The molecule has 0 aliphatic carbocycles. The maximum Gasteiger partial charge on any atom is 0.253 e. The summed E-state index contributed by atoms with van der Waals surface area (Å²) < 4.78 is 2.07. The van der Waals surface area contributed by atoms with Crippen LogP contribution in [0.25, 0.3) is 22.4 Å². The Kier molecular flexibility index (Phi) is 5.12. The summed E-state index contributed by atoms with van der Waals surface area (Å²) in [5.41, 5.74) is 5.73. The molecule has 0 saturated heterocycles. The van der Waals surface area contributed by atoms with Gasteiger partial charge < -0.3 is 9.47 Å². The molecule has 4 rings (SSSR count). The summed E-state index contributed by atoms with van der Waals surface area (Å²) in [4.78, 5) is 23.7. The lowest BCUT2D eigenvalue weighted by molar-refractivity contribution is 0.0796. The fourth-order valence-electron chi connectivity index (χ4n) is 3.53. The van der Waals surface area contributed by atoms with Crippen LogP contribution in [0.2, 0.25) is 0 Å². The van der Waals surface area contributed by atoms with Crippen LogP contribution >= 0.6 is 0 Å². The van der Waals surface area contributed by atoms with Crippen LogP contribution in [0.1, 0.15) is 21.6 Å². The molecule has 5 heteroatoms. The molecule has 0 aliphatic rings. The van der Waals surface area contributed by atoms with E-state index in [0.717, 1.165) is 34.5 Å². The van der Waals surface area contributed by atoms with Crippen molar-refractivity contribution in [1.29, 1.82) is 0 Å². The number of carbonyl (C=O) groups is 1. The molecular formula is C24H24N4O. The Morgan fingerprint density at radius 2 is 1.93 bits per heavy atom. The van der Waals surface area contributed by atoms with Gasteiger partial charge in [0.25, 0.3) is 5.91 Å². The van der Waals surface area contributed by atoms with E-state index in [0.29, 0.717) is 12.1 Å². The van der Waals surface area contributed by atoms with Gasteiger partial charge in [0.05, 0.1) is 11.0 Å². The second-order valence-corrected chi connectivity index (χ2v) is 7.37. The summed E-state index contributed by atoms with van der Waals surface area (Å²) in [5.74, 6) is 0.891. The Bertz CT molecular complexity index is 1160. The lowest BCUT2D eigenvalue weighted by atomic mass is 10.1. The zero-order valence-electron chi connectivity index (χ0n) is 17.0. The number of aryl methyl sites for hydroxylation is 2. The normalized spacial score (nSPS) is 11.0. The molecule has 0 bridgehead atoms. The second kappa shape index (κ2) is 7.87. The van der Waals surface area contributed by atoms with Gasteiger partial charge in [-0.2, -0.15) is 0 Å². The molecule has 0 unspecified atom stereocenters. The second-order valence-electron chi connectivity index (χ2n) is 7.37. The minimum atomic E-state index is -0.00871. The Balaban J connectivity index is 1.57. The van der Waals surface area contributed by atoms with E-state index in [4.69, 9.17) is 4.98 Å². The lowest BCUT2D eigenvalue weighted by Crippen LogP contribution is -2.29. The van der Waals surface area contributed by atoms with Crippen molar-refractivity contribution in [2.24, 2.45) is 7.05 Å². The summed E-state index contributed by atoms with van der Waals surface area (Å²) in [5, 5.41) is 0. The van der Waals surface area contributed by atoms with E-state index in [2.05, 4.69) is 34.7 Å². The maximum absolute atomic E-state index is 12.9. The number of amides is 1. The van der Waals surface area contributed by atoms with E-state index < -0.39 is 0 Å². The number of likely N-dealkylation sites (N-methyl/N-ethyl adjacent to an activating group) is 1. The van der Waals surface area contributed by atoms with Crippen molar-refractivity contribution in [2.75, 3.05) is 13.6 Å².